The molecule has 1 heteroatoms. The van der Waals surface area contributed by atoms with Crippen molar-refractivity contribution in [3.8, 4) is 0 Å². The summed E-state index contributed by atoms with van der Waals surface area (Å²) in [7, 11) is 0. The van der Waals surface area contributed by atoms with E-state index in [2.05, 4.69) is 34.6 Å². The Kier molecular flexibility index (Phi) is 2.53. The van der Waals surface area contributed by atoms with Gasteiger partial charge in [0.1, 0.15) is 0 Å². The highest BCUT2D eigenvalue weighted by molar-refractivity contribution is 4.93. The molecule has 1 saturated carbocycles. The van der Waals surface area contributed by atoms with Gasteiger partial charge in [-0.2, -0.15) is 0 Å². The molecule has 0 bridgehead atoms. The molecule has 1 nitrogen and oxygen atoms in total. The maximum absolute atomic E-state index is 6.09. The van der Waals surface area contributed by atoms with Crippen molar-refractivity contribution < 1.29 is 0 Å². The van der Waals surface area contributed by atoms with Crippen molar-refractivity contribution >= 4 is 0 Å². The van der Waals surface area contributed by atoms with Crippen LogP contribution in [0.1, 0.15) is 41.0 Å². The smallest absolute Gasteiger partial charge is 0.0125 e. The topological polar surface area (TPSA) is 26.0 Å². The minimum Gasteiger partial charge on any atom is -0.325 e. The molecule has 0 heterocycles. The maximum atomic E-state index is 6.09. The summed E-state index contributed by atoms with van der Waals surface area (Å²) >= 11 is 0. The predicted octanol–water partition coefficient (Wildman–Crippen LogP) is 2.65. The van der Waals surface area contributed by atoms with Crippen molar-refractivity contribution in [1.82, 2.24) is 0 Å². The van der Waals surface area contributed by atoms with Gasteiger partial charge in [0.05, 0.1) is 0 Å². The molecule has 0 saturated heterocycles. The van der Waals surface area contributed by atoms with Crippen LogP contribution in [-0.2, 0) is 0 Å². The lowest BCUT2D eigenvalue weighted by Gasteiger charge is -2.32. The molecule has 0 aromatic carbocycles. The van der Waals surface area contributed by atoms with Crippen LogP contribution in [0.5, 0.6) is 0 Å². The SMILES string of the molecule is CC1CC1C(C)C(C)C(C)(C)N. The first kappa shape index (κ1) is 10.0. The largest absolute Gasteiger partial charge is 0.325 e. The van der Waals surface area contributed by atoms with Gasteiger partial charge in [-0.15, -0.1) is 0 Å². The molecule has 4 atom stereocenters. The van der Waals surface area contributed by atoms with Gasteiger partial charge >= 0.3 is 0 Å². The Morgan fingerprint density at radius 1 is 1.33 bits per heavy atom. The minimum atomic E-state index is -0.0122. The second kappa shape index (κ2) is 3.02. The van der Waals surface area contributed by atoms with Crippen LogP contribution in [0, 0.1) is 23.7 Å². The second-order valence-corrected chi connectivity index (χ2v) is 5.35. The summed E-state index contributed by atoms with van der Waals surface area (Å²) in [6, 6.07) is 0. The van der Waals surface area contributed by atoms with Gasteiger partial charge < -0.3 is 5.73 Å². The Balaban J connectivity index is 2.47. The van der Waals surface area contributed by atoms with E-state index in [1.54, 1.807) is 0 Å². The minimum absolute atomic E-state index is 0.0122. The number of rotatable bonds is 3. The third kappa shape index (κ3) is 2.01. The van der Waals surface area contributed by atoms with E-state index in [1.165, 1.54) is 6.42 Å². The Morgan fingerprint density at radius 2 is 1.75 bits per heavy atom. The molecule has 72 valence electrons. The van der Waals surface area contributed by atoms with Crippen molar-refractivity contribution in [1.29, 1.82) is 0 Å². The van der Waals surface area contributed by atoms with Gasteiger partial charge in [0.15, 0.2) is 0 Å². The molecule has 0 radical (unpaired) electrons. The fourth-order valence-electron chi connectivity index (χ4n) is 2.13. The monoisotopic (exact) mass is 169 g/mol. The molecule has 2 N–H and O–H groups in total. The predicted molar refractivity (Wildman–Crippen MR) is 53.9 cm³/mol. The van der Waals surface area contributed by atoms with E-state index in [0.717, 1.165) is 17.8 Å². The van der Waals surface area contributed by atoms with E-state index in [9.17, 15) is 0 Å². The molecule has 0 aromatic heterocycles. The third-order valence-electron chi connectivity index (χ3n) is 3.81. The summed E-state index contributed by atoms with van der Waals surface area (Å²) in [6.07, 6.45) is 1.42. The van der Waals surface area contributed by atoms with Gasteiger partial charge in [0, 0.05) is 5.54 Å². The summed E-state index contributed by atoms with van der Waals surface area (Å²) in [5, 5.41) is 0. The summed E-state index contributed by atoms with van der Waals surface area (Å²) < 4.78 is 0. The van der Waals surface area contributed by atoms with Crippen molar-refractivity contribution in [3.63, 3.8) is 0 Å². The van der Waals surface area contributed by atoms with Crippen molar-refractivity contribution in [2.75, 3.05) is 0 Å². The Labute approximate surface area is 76.7 Å². The summed E-state index contributed by atoms with van der Waals surface area (Å²) in [5.41, 5.74) is 6.08. The molecule has 0 aromatic rings. The Hall–Kier alpha value is -0.0400. The van der Waals surface area contributed by atoms with Gasteiger partial charge in [-0.05, 0) is 43.9 Å². The van der Waals surface area contributed by atoms with Gasteiger partial charge in [0.2, 0.25) is 0 Å². The highest BCUT2D eigenvalue weighted by Gasteiger charge is 2.41. The highest BCUT2D eigenvalue weighted by Crippen LogP contribution is 2.47. The van der Waals surface area contributed by atoms with Gasteiger partial charge in [0.25, 0.3) is 0 Å². The van der Waals surface area contributed by atoms with Gasteiger partial charge in [-0.1, -0.05) is 20.8 Å². The van der Waals surface area contributed by atoms with Crippen LogP contribution in [0.15, 0.2) is 0 Å². The van der Waals surface area contributed by atoms with E-state index < -0.39 is 0 Å². The zero-order valence-corrected chi connectivity index (χ0v) is 9.09. The van der Waals surface area contributed by atoms with Crippen LogP contribution in [0.3, 0.4) is 0 Å². The maximum Gasteiger partial charge on any atom is 0.0125 e. The summed E-state index contributed by atoms with van der Waals surface area (Å²) in [5.74, 6) is 3.32. The van der Waals surface area contributed by atoms with Crippen molar-refractivity contribution in [3.05, 3.63) is 0 Å². The van der Waals surface area contributed by atoms with Crippen LogP contribution in [0.4, 0.5) is 0 Å². The fraction of sp³-hybridized carbons (Fsp3) is 1.00. The molecule has 4 unspecified atom stereocenters. The van der Waals surface area contributed by atoms with E-state index >= 15 is 0 Å². The first-order chi connectivity index (χ1) is 5.34. The lowest BCUT2D eigenvalue weighted by Crippen LogP contribution is -2.43. The third-order valence-corrected chi connectivity index (χ3v) is 3.81. The fourth-order valence-corrected chi connectivity index (χ4v) is 2.13. The molecular weight excluding hydrogens is 146 g/mol. The number of hydrogen-bond acceptors (Lipinski definition) is 1. The zero-order chi connectivity index (χ0) is 9.52. The zero-order valence-electron chi connectivity index (χ0n) is 9.09. The van der Waals surface area contributed by atoms with E-state index in [-0.39, 0.29) is 5.54 Å². The Morgan fingerprint density at radius 3 is 2.00 bits per heavy atom. The van der Waals surface area contributed by atoms with E-state index in [1.807, 2.05) is 0 Å². The molecule has 1 fully saturated rings. The van der Waals surface area contributed by atoms with E-state index in [0.29, 0.717) is 5.92 Å². The average molecular weight is 169 g/mol. The van der Waals surface area contributed by atoms with Crippen LogP contribution in [0.25, 0.3) is 0 Å². The number of nitrogens with two attached hydrogens (primary N) is 1. The number of hydrogen-bond donors (Lipinski definition) is 1. The van der Waals surface area contributed by atoms with Crippen LogP contribution in [0.2, 0.25) is 0 Å². The van der Waals surface area contributed by atoms with Gasteiger partial charge in [-0.25, -0.2) is 0 Å². The molecule has 1 aliphatic carbocycles. The summed E-state index contributed by atoms with van der Waals surface area (Å²) in [4.78, 5) is 0. The molecule has 12 heavy (non-hydrogen) atoms. The first-order valence-electron chi connectivity index (χ1n) is 5.13. The average Bonchev–Trinajstić information content (AvgIpc) is 2.62. The lowest BCUT2D eigenvalue weighted by atomic mass is 9.78. The molecular formula is C11H23N. The molecule has 0 spiro atoms. The van der Waals surface area contributed by atoms with Crippen LogP contribution >= 0.6 is 0 Å². The lowest BCUT2D eigenvalue weighted by molar-refractivity contribution is 0.225. The molecule has 1 aliphatic rings. The van der Waals surface area contributed by atoms with Crippen molar-refractivity contribution in [2.45, 2.75) is 46.6 Å². The van der Waals surface area contributed by atoms with Crippen molar-refractivity contribution in [2.24, 2.45) is 29.4 Å². The van der Waals surface area contributed by atoms with Crippen LogP contribution < -0.4 is 5.73 Å². The first-order valence-corrected chi connectivity index (χ1v) is 5.13. The van der Waals surface area contributed by atoms with Gasteiger partial charge in [-0.3, -0.25) is 0 Å². The second-order valence-electron chi connectivity index (χ2n) is 5.35. The van der Waals surface area contributed by atoms with Crippen LogP contribution in [-0.4, -0.2) is 5.54 Å². The highest BCUT2D eigenvalue weighted by atomic mass is 14.7. The normalized spacial score (nSPS) is 34.5. The molecule has 0 amide bonds. The standard InChI is InChI=1S/C11H23N/c1-7-6-10(7)8(2)9(3)11(4,5)12/h7-10H,6,12H2,1-5H3. The Bertz CT molecular complexity index is 157. The molecule has 0 aliphatic heterocycles. The summed E-state index contributed by atoms with van der Waals surface area (Å²) in [6.45, 7) is 11.3. The van der Waals surface area contributed by atoms with E-state index in [4.69, 9.17) is 5.73 Å². The molecule has 1 rings (SSSR count). The quantitative estimate of drug-likeness (QED) is 0.690.